The van der Waals surface area contributed by atoms with E-state index in [4.69, 9.17) is 20.0 Å². The molecule has 225 valence electrons. The zero-order valence-corrected chi connectivity index (χ0v) is 27.9. The maximum Gasteiger partial charge on any atom is 2.00 e. The zero-order valence-electron chi connectivity index (χ0n) is 27.0. The monoisotopic (exact) mass is 617 g/mol. The molecule has 0 N–H and O–H groups in total. The van der Waals surface area contributed by atoms with Gasteiger partial charge in [0.1, 0.15) is 0 Å². The minimum atomic E-state index is -0.405. The van der Waals surface area contributed by atoms with Crippen LogP contribution in [-0.2, 0) is 36.3 Å². The Bertz CT molecular complexity index is 1900. The van der Waals surface area contributed by atoms with Gasteiger partial charge in [-0.05, 0) is 89.2 Å². The third-order valence-electron chi connectivity index (χ3n) is 9.99. The summed E-state index contributed by atoms with van der Waals surface area (Å²) in [6.07, 6.45) is 10.1. The van der Waals surface area contributed by atoms with E-state index >= 15 is 0 Å². The van der Waals surface area contributed by atoms with Crippen LogP contribution >= 0.6 is 0 Å². The van der Waals surface area contributed by atoms with Gasteiger partial charge in [0.25, 0.3) is 0 Å². The molecule has 1 aromatic carbocycles. The number of fused-ring (bicyclic) bond motifs is 6. The second-order valence-electron chi connectivity index (χ2n) is 12.4. The summed E-state index contributed by atoms with van der Waals surface area (Å²) in [6, 6.07) is 8.92. The largest absolute Gasteiger partial charge is 2.00 e. The quantitative estimate of drug-likeness (QED) is 0.311. The summed E-state index contributed by atoms with van der Waals surface area (Å²) < 4.78 is 0. The number of allylic oxidation sites excluding steroid dienone is 3. The first kappa shape index (κ1) is 31.0. The van der Waals surface area contributed by atoms with Crippen molar-refractivity contribution in [2.75, 3.05) is 0 Å². The summed E-state index contributed by atoms with van der Waals surface area (Å²) in [5.74, 6) is 0. The SMILES string of the molecule is CCc1c2[n-]c(c1C)/C=C1\N=C(CC3(Cc4ccc(C)cc4)N=C(/C=c4\[n-]/c(c(CC)c4C)=C\2)C(C)=C3C)C(C)=C1C.[Cu+2]. The topological polar surface area (TPSA) is 52.9 Å². The van der Waals surface area contributed by atoms with Crippen molar-refractivity contribution in [1.29, 1.82) is 0 Å². The second-order valence-corrected chi connectivity index (χ2v) is 12.4. The first-order valence-corrected chi connectivity index (χ1v) is 15.4. The normalized spacial score (nSPS) is 22.3. The van der Waals surface area contributed by atoms with Gasteiger partial charge in [-0.2, -0.15) is 0 Å². The Kier molecular flexibility index (Phi) is 8.37. The van der Waals surface area contributed by atoms with E-state index < -0.39 is 5.54 Å². The van der Waals surface area contributed by atoms with E-state index in [1.54, 1.807) is 0 Å². The average molecular weight is 618 g/mol. The molecular formula is C38H42CuN4. The predicted octanol–water partition coefficient (Wildman–Crippen LogP) is 6.57. The first-order chi connectivity index (χ1) is 20.0. The second kappa shape index (κ2) is 11.6. The number of rotatable bonds is 4. The molecule has 0 spiro atoms. The van der Waals surface area contributed by atoms with Gasteiger partial charge in [0, 0.05) is 18.6 Å². The maximum atomic E-state index is 5.59. The van der Waals surface area contributed by atoms with E-state index in [-0.39, 0.29) is 17.1 Å². The molecule has 1 unspecified atom stereocenters. The molecule has 1 atom stereocenters. The fourth-order valence-corrected chi connectivity index (χ4v) is 6.90. The van der Waals surface area contributed by atoms with Gasteiger partial charge in [-0.3, -0.25) is 9.98 Å². The predicted molar refractivity (Wildman–Crippen MR) is 177 cm³/mol. The summed E-state index contributed by atoms with van der Waals surface area (Å²) in [7, 11) is 0. The van der Waals surface area contributed by atoms with Crippen LogP contribution in [0.15, 0.2) is 62.2 Å². The Morgan fingerprint density at radius 1 is 0.721 bits per heavy atom. The van der Waals surface area contributed by atoms with Crippen molar-refractivity contribution in [3.63, 3.8) is 0 Å². The average Bonchev–Trinajstić information content (AvgIpc) is 3.59. The van der Waals surface area contributed by atoms with Gasteiger partial charge in [0.05, 0.1) is 16.9 Å². The van der Waals surface area contributed by atoms with E-state index in [1.165, 1.54) is 55.7 Å². The minimum absolute atomic E-state index is 0. The van der Waals surface area contributed by atoms with Crippen LogP contribution in [0.3, 0.4) is 0 Å². The molecule has 8 bridgehead atoms. The number of aromatic nitrogens is 2. The van der Waals surface area contributed by atoms with Crippen molar-refractivity contribution >= 4 is 29.7 Å². The van der Waals surface area contributed by atoms with E-state index in [0.29, 0.717) is 0 Å². The van der Waals surface area contributed by atoms with E-state index in [1.807, 2.05) is 0 Å². The molecule has 5 heterocycles. The molecule has 3 aliphatic rings. The molecule has 2 aromatic heterocycles. The van der Waals surface area contributed by atoms with E-state index in [2.05, 4.69) is 105 Å². The van der Waals surface area contributed by atoms with Crippen LogP contribution in [0.5, 0.6) is 0 Å². The summed E-state index contributed by atoms with van der Waals surface area (Å²) >= 11 is 0. The summed E-state index contributed by atoms with van der Waals surface area (Å²) in [4.78, 5) is 21.2. The van der Waals surface area contributed by atoms with Crippen LogP contribution in [0, 0.1) is 20.8 Å². The molecule has 0 saturated heterocycles. The van der Waals surface area contributed by atoms with Gasteiger partial charge in [-0.25, -0.2) is 0 Å². The Morgan fingerprint density at radius 3 is 2.09 bits per heavy atom. The van der Waals surface area contributed by atoms with Crippen molar-refractivity contribution in [2.45, 2.75) is 93.5 Å². The maximum absolute atomic E-state index is 5.59. The molecule has 0 saturated carbocycles. The molecule has 0 amide bonds. The number of hydrogen-bond donors (Lipinski definition) is 0. The van der Waals surface area contributed by atoms with Crippen LogP contribution in [0.4, 0.5) is 0 Å². The molecule has 3 aliphatic heterocycles. The fourth-order valence-electron chi connectivity index (χ4n) is 6.90. The molecule has 3 aromatic rings. The minimum Gasteiger partial charge on any atom is -0.657 e. The number of aliphatic imine (C=N–C) groups is 2. The van der Waals surface area contributed by atoms with Gasteiger partial charge in [-0.15, -0.1) is 22.1 Å². The van der Waals surface area contributed by atoms with Crippen LogP contribution in [0.2, 0.25) is 0 Å². The Balaban J connectivity index is 0.00000368. The van der Waals surface area contributed by atoms with Crippen molar-refractivity contribution < 1.29 is 17.1 Å². The van der Waals surface area contributed by atoms with Gasteiger partial charge in [0.15, 0.2) is 0 Å². The fraction of sp³-hybridized carbons (Fsp3) is 0.368. The van der Waals surface area contributed by atoms with Gasteiger partial charge in [-0.1, -0.05) is 84.2 Å². The first-order valence-electron chi connectivity index (χ1n) is 15.4. The third-order valence-corrected chi connectivity index (χ3v) is 9.99. The molecule has 43 heavy (non-hydrogen) atoms. The summed E-state index contributed by atoms with van der Waals surface area (Å²) in [5.41, 5.74) is 17.5. The molecule has 0 aliphatic carbocycles. The molecule has 5 heteroatoms. The molecule has 4 nitrogen and oxygen atoms in total. The molecular weight excluding hydrogens is 576 g/mol. The molecule has 0 fully saturated rings. The van der Waals surface area contributed by atoms with Crippen LogP contribution in [-0.4, -0.2) is 17.0 Å². The van der Waals surface area contributed by atoms with Gasteiger partial charge < -0.3 is 9.97 Å². The van der Waals surface area contributed by atoms with Crippen LogP contribution < -0.4 is 20.7 Å². The Labute approximate surface area is 267 Å². The van der Waals surface area contributed by atoms with E-state index in [0.717, 1.165) is 64.9 Å². The zero-order chi connectivity index (χ0) is 29.9. The number of nitrogens with zero attached hydrogens (tertiary/aromatic N) is 4. The molecule has 1 radical (unpaired) electrons. The van der Waals surface area contributed by atoms with Crippen molar-refractivity contribution in [1.82, 2.24) is 9.97 Å². The van der Waals surface area contributed by atoms with Crippen molar-refractivity contribution in [2.24, 2.45) is 9.98 Å². The van der Waals surface area contributed by atoms with Crippen molar-refractivity contribution in [3.05, 3.63) is 108 Å². The summed E-state index contributed by atoms with van der Waals surface area (Å²) in [5, 5.41) is 2.03. The molecule has 6 rings (SSSR count). The van der Waals surface area contributed by atoms with Gasteiger partial charge >= 0.3 is 17.1 Å². The Morgan fingerprint density at radius 2 is 1.42 bits per heavy atom. The van der Waals surface area contributed by atoms with Crippen molar-refractivity contribution in [3.8, 4) is 0 Å². The number of aryl methyl sites for hydroxylation is 1. The van der Waals surface area contributed by atoms with E-state index in [9.17, 15) is 0 Å². The Hall–Kier alpha value is -3.40. The smallest absolute Gasteiger partial charge is 0.657 e. The van der Waals surface area contributed by atoms with Crippen LogP contribution in [0.25, 0.3) is 18.2 Å². The number of hydrogen-bond acceptors (Lipinski definition) is 2. The summed E-state index contributed by atoms with van der Waals surface area (Å²) in [6.45, 7) is 19.9. The van der Waals surface area contributed by atoms with Gasteiger partial charge in [0.2, 0.25) is 0 Å². The standard InChI is InChI=1S/C38H42N4.Cu/c1-10-29-25(7)32-16-31-22(4)23(5)37(41-31)20-38(19-28-14-12-21(3)13-15-28)27(9)24(6)34(42-38)17-33-26(8)30(11-2)36(40-33)18-35(29)39-32;/h12-18H,10-11,19-20H2,1-9H3;/q-2;+2/b31-16-,33-17-,36-18-;. The van der Waals surface area contributed by atoms with Crippen LogP contribution in [0.1, 0.15) is 92.7 Å². The third kappa shape index (κ3) is 5.21. The number of benzene rings is 1.